The van der Waals surface area contributed by atoms with E-state index < -0.39 is 17.8 Å². The molecule has 124 valence electrons. The molecule has 1 N–H and O–H groups in total. The molecular formula is C15H12F3N5O. The van der Waals surface area contributed by atoms with Gasteiger partial charge in [0, 0.05) is 6.20 Å². The largest absolute Gasteiger partial charge is 0.435 e. The van der Waals surface area contributed by atoms with Crippen molar-refractivity contribution < 1.29 is 18.0 Å². The second-order valence-corrected chi connectivity index (χ2v) is 4.82. The molecule has 1 aromatic heterocycles. The maximum absolute atomic E-state index is 12.4. The third-order valence-electron chi connectivity index (χ3n) is 3.02. The van der Waals surface area contributed by atoms with Crippen molar-refractivity contribution in [2.75, 3.05) is 0 Å². The molecule has 0 unspecified atom stereocenters. The molecule has 1 amide bonds. The van der Waals surface area contributed by atoms with Gasteiger partial charge in [0.2, 0.25) is 0 Å². The Morgan fingerprint density at radius 2 is 2.00 bits per heavy atom. The number of rotatable bonds is 4. The van der Waals surface area contributed by atoms with Crippen molar-refractivity contribution in [2.45, 2.75) is 19.6 Å². The summed E-state index contributed by atoms with van der Waals surface area (Å²) in [6.07, 6.45) is -3.48. The van der Waals surface area contributed by atoms with Gasteiger partial charge in [-0.1, -0.05) is 12.1 Å². The SMILES string of the molecule is CC(=NNC(=O)Cn1ccc(C(F)(F)F)n1)c1ccc(C#N)cc1. The summed E-state index contributed by atoms with van der Waals surface area (Å²) in [6.45, 7) is 1.26. The molecule has 2 rings (SSSR count). The molecule has 0 bridgehead atoms. The topological polar surface area (TPSA) is 83.1 Å². The van der Waals surface area contributed by atoms with Gasteiger partial charge in [-0.05, 0) is 30.7 Å². The van der Waals surface area contributed by atoms with Gasteiger partial charge >= 0.3 is 6.18 Å². The molecule has 0 radical (unpaired) electrons. The number of amides is 1. The molecule has 2 aromatic rings. The zero-order valence-corrected chi connectivity index (χ0v) is 12.5. The van der Waals surface area contributed by atoms with Gasteiger partial charge in [-0.2, -0.15) is 28.6 Å². The number of halogens is 3. The number of carbonyl (C=O) groups is 1. The van der Waals surface area contributed by atoms with Crippen LogP contribution in [0.15, 0.2) is 41.6 Å². The summed E-state index contributed by atoms with van der Waals surface area (Å²) in [5.41, 5.74) is 2.87. The van der Waals surface area contributed by atoms with E-state index in [0.29, 0.717) is 16.8 Å². The first-order valence-electron chi connectivity index (χ1n) is 6.74. The van der Waals surface area contributed by atoms with Gasteiger partial charge in [0.25, 0.3) is 5.91 Å². The Labute approximate surface area is 135 Å². The molecule has 0 aliphatic rings. The third kappa shape index (κ3) is 4.42. The van der Waals surface area contributed by atoms with Crippen LogP contribution in [0.2, 0.25) is 0 Å². The van der Waals surface area contributed by atoms with Crippen molar-refractivity contribution in [3.05, 3.63) is 53.3 Å². The van der Waals surface area contributed by atoms with Crippen LogP contribution in [0.3, 0.4) is 0 Å². The molecule has 0 saturated carbocycles. The van der Waals surface area contributed by atoms with Gasteiger partial charge in [-0.3, -0.25) is 9.48 Å². The van der Waals surface area contributed by atoms with E-state index in [1.165, 1.54) is 0 Å². The monoisotopic (exact) mass is 335 g/mol. The maximum Gasteiger partial charge on any atom is 0.435 e. The first-order valence-corrected chi connectivity index (χ1v) is 6.74. The fourth-order valence-corrected chi connectivity index (χ4v) is 1.78. The summed E-state index contributed by atoms with van der Waals surface area (Å²) in [5, 5.41) is 15.9. The van der Waals surface area contributed by atoms with Crippen molar-refractivity contribution in [3.8, 4) is 6.07 Å². The van der Waals surface area contributed by atoms with Crippen LogP contribution in [-0.4, -0.2) is 21.4 Å². The molecule has 0 saturated heterocycles. The van der Waals surface area contributed by atoms with Gasteiger partial charge in [-0.25, -0.2) is 5.43 Å². The highest BCUT2D eigenvalue weighted by Crippen LogP contribution is 2.27. The van der Waals surface area contributed by atoms with Crippen LogP contribution in [0.4, 0.5) is 13.2 Å². The number of hydrogen-bond acceptors (Lipinski definition) is 4. The summed E-state index contributed by atoms with van der Waals surface area (Å²) in [5.74, 6) is -0.611. The van der Waals surface area contributed by atoms with Crippen LogP contribution in [0.25, 0.3) is 0 Å². The number of nitrogens with zero attached hydrogens (tertiary/aromatic N) is 4. The third-order valence-corrected chi connectivity index (χ3v) is 3.02. The molecule has 0 aliphatic heterocycles. The number of benzene rings is 1. The predicted octanol–water partition coefficient (Wildman–Crippen LogP) is 2.31. The van der Waals surface area contributed by atoms with Crippen LogP contribution in [0.5, 0.6) is 0 Å². The van der Waals surface area contributed by atoms with Crippen LogP contribution >= 0.6 is 0 Å². The van der Waals surface area contributed by atoms with E-state index in [9.17, 15) is 18.0 Å². The maximum atomic E-state index is 12.4. The normalized spacial score (nSPS) is 11.9. The highest BCUT2D eigenvalue weighted by Gasteiger charge is 2.33. The van der Waals surface area contributed by atoms with Gasteiger partial charge in [-0.15, -0.1) is 0 Å². The fourth-order valence-electron chi connectivity index (χ4n) is 1.78. The molecule has 1 heterocycles. The second kappa shape index (κ2) is 6.95. The van der Waals surface area contributed by atoms with Gasteiger partial charge < -0.3 is 0 Å². The second-order valence-electron chi connectivity index (χ2n) is 4.82. The first-order chi connectivity index (χ1) is 11.3. The lowest BCUT2D eigenvalue weighted by molar-refractivity contribution is -0.141. The number of aromatic nitrogens is 2. The fraction of sp³-hybridized carbons (Fsp3) is 0.200. The highest BCUT2D eigenvalue weighted by molar-refractivity contribution is 5.99. The van der Waals surface area contributed by atoms with Crippen LogP contribution < -0.4 is 5.43 Å². The van der Waals surface area contributed by atoms with Crippen molar-refractivity contribution >= 4 is 11.6 Å². The minimum Gasteiger partial charge on any atom is -0.271 e. The molecule has 0 spiro atoms. The smallest absolute Gasteiger partial charge is 0.271 e. The van der Waals surface area contributed by atoms with E-state index in [4.69, 9.17) is 5.26 Å². The molecule has 9 heteroatoms. The number of nitrogens with one attached hydrogen (secondary N) is 1. The quantitative estimate of drug-likeness (QED) is 0.687. The minimum atomic E-state index is -4.55. The van der Waals surface area contributed by atoms with E-state index in [1.54, 1.807) is 31.2 Å². The van der Waals surface area contributed by atoms with Gasteiger partial charge in [0.05, 0.1) is 17.3 Å². The lowest BCUT2D eigenvalue weighted by Crippen LogP contribution is -2.24. The Morgan fingerprint density at radius 3 is 2.54 bits per heavy atom. The Kier molecular flexibility index (Phi) is 4.99. The zero-order valence-electron chi connectivity index (χ0n) is 12.5. The van der Waals surface area contributed by atoms with E-state index in [2.05, 4.69) is 15.6 Å². The number of carbonyl (C=O) groups excluding carboxylic acids is 1. The standard InChI is InChI=1S/C15H12F3N5O/c1-10(12-4-2-11(8-19)3-5-12)20-21-14(24)9-23-7-6-13(22-23)15(16,17)18/h2-7H,9H2,1H3,(H,21,24). The van der Waals surface area contributed by atoms with E-state index in [0.717, 1.165) is 16.9 Å². The number of hydrazone groups is 1. The van der Waals surface area contributed by atoms with Crippen LogP contribution in [0, 0.1) is 11.3 Å². The van der Waals surface area contributed by atoms with Crippen molar-refractivity contribution in [3.63, 3.8) is 0 Å². The summed E-state index contributed by atoms with van der Waals surface area (Å²) in [7, 11) is 0. The Balaban J connectivity index is 1.96. The first kappa shape index (κ1) is 17.2. The summed E-state index contributed by atoms with van der Waals surface area (Å²) in [4.78, 5) is 11.7. The summed E-state index contributed by atoms with van der Waals surface area (Å²) < 4.78 is 38.1. The highest BCUT2D eigenvalue weighted by atomic mass is 19.4. The van der Waals surface area contributed by atoms with E-state index >= 15 is 0 Å². The molecule has 0 fully saturated rings. The molecule has 6 nitrogen and oxygen atoms in total. The van der Waals surface area contributed by atoms with Gasteiger partial charge in [0.15, 0.2) is 5.69 Å². The van der Waals surface area contributed by atoms with Crippen LogP contribution in [0.1, 0.15) is 23.7 Å². The number of nitriles is 1. The number of alkyl halides is 3. The Hall–Kier alpha value is -3.15. The zero-order chi connectivity index (χ0) is 17.7. The Morgan fingerprint density at radius 1 is 1.33 bits per heavy atom. The van der Waals surface area contributed by atoms with Gasteiger partial charge in [0.1, 0.15) is 6.54 Å². The average Bonchev–Trinajstić information content (AvgIpc) is 3.01. The molecule has 24 heavy (non-hydrogen) atoms. The van der Waals surface area contributed by atoms with E-state index in [1.807, 2.05) is 6.07 Å². The molecule has 0 aliphatic carbocycles. The molecule has 0 atom stereocenters. The van der Waals surface area contributed by atoms with Crippen molar-refractivity contribution in [1.29, 1.82) is 5.26 Å². The Bertz CT molecular complexity index is 800. The molecule has 1 aromatic carbocycles. The lowest BCUT2D eigenvalue weighted by atomic mass is 10.1. The summed E-state index contributed by atoms with van der Waals surface area (Å²) in [6, 6.07) is 9.34. The number of hydrogen-bond donors (Lipinski definition) is 1. The van der Waals surface area contributed by atoms with Crippen molar-refractivity contribution in [1.82, 2.24) is 15.2 Å². The minimum absolute atomic E-state index is 0.389. The molecular weight excluding hydrogens is 323 g/mol. The predicted molar refractivity (Wildman–Crippen MR) is 78.7 cm³/mol. The van der Waals surface area contributed by atoms with Crippen LogP contribution in [-0.2, 0) is 17.5 Å². The lowest BCUT2D eigenvalue weighted by Gasteiger charge is -2.04. The summed E-state index contributed by atoms with van der Waals surface area (Å²) >= 11 is 0. The average molecular weight is 335 g/mol. The van der Waals surface area contributed by atoms with E-state index in [-0.39, 0.29) is 6.54 Å². The van der Waals surface area contributed by atoms with Crippen molar-refractivity contribution in [2.24, 2.45) is 5.10 Å².